The van der Waals surface area contributed by atoms with Crippen molar-refractivity contribution in [1.29, 1.82) is 0 Å². The maximum atomic E-state index is 11.9. The van der Waals surface area contributed by atoms with Crippen LogP contribution < -0.4 is 10.6 Å². The molecule has 136 valence electrons. The summed E-state index contributed by atoms with van der Waals surface area (Å²) < 4.78 is 5.29. The fourth-order valence-corrected chi connectivity index (χ4v) is 2.41. The smallest absolute Gasteiger partial charge is 0.407 e. The van der Waals surface area contributed by atoms with Crippen molar-refractivity contribution in [2.24, 2.45) is 5.92 Å². The highest BCUT2D eigenvalue weighted by Crippen LogP contribution is 2.21. The van der Waals surface area contributed by atoms with Crippen LogP contribution in [0.15, 0.2) is 24.3 Å². The summed E-state index contributed by atoms with van der Waals surface area (Å²) in [5, 5.41) is 15.9. The molecule has 5 heteroatoms. The molecule has 0 fully saturated rings. The van der Waals surface area contributed by atoms with Crippen LogP contribution in [0.1, 0.15) is 59.6 Å². The molecule has 1 amide bonds. The summed E-state index contributed by atoms with van der Waals surface area (Å²) in [5.41, 5.74) is 0.626. The van der Waals surface area contributed by atoms with Crippen LogP contribution in [0.5, 0.6) is 5.75 Å². The fourth-order valence-electron chi connectivity index (χ4n) is 2.41. The lowest BCUT2D eigenvalue weighted by Crippen LogP contribution is -2.46. The fraction of sp³-hybridized carbons (Fsp3) is 0.632. The first-order valence-corrected chi connectivity index (χ1v) is 8.64. The molecule has 0 saturated carbocycles. The molecule has 0 spiro atoms. The van der Waals surface area contributed by atoms with Gasteiger partial charge in [0.25, 0.3) is 0 Å². The summed E-state index contributed by atoms with van der Waals surface area (Å²) in [4.78, 5) is 11.9. The van der Waals surface area contributed by atoms with Gasteiger partial charge < -0.3 is 20.5 Å². The lowest BCUT2D eigenvalue weighted by molar-refractivity contribution is 0.0518. The van der Waals surface area contributed by atoms with Crippen LogP contribution in [0.4, 0.5) is 4.79 Å². The van der Waals surface area contributed by atoms with Crippen LogP contribution >= 0.6 is 0 Å². The number of ether oxygens (including phenoxy) is 1. The van der Waals surface area contributed by atoms with Gasteiger partial charge in [-0.3, -0.25) is 0 Å². The first-order chi connectivity index (χ1) is 11.1. The van der Waals surface area contributed by atoms with Gasteiger partial charge in [-0.1, -0.05) is 32.9 Å². The summed E-state index contributed by atoms with van der Waals surface area (Å²) >= 11 is 0. The zero-order valence-corrected chi connectivity index (χ0v) is 15.7. The normalized spacial score (nSPS) is 14.3. The number of nitrogens with one attached hydrogen (secondary N) is 2. The second-order valence-corrected chi connectivity index (χ2v) is 7.45. The molecule has 0 bridgehead atoms. The number of hydrogen-bond donors (Lipinski definition) is 3. The molecule has 0 aliphatic rings. The Bertz CT molecular complexity index is 506. The van der Waals surface area contributed by atoms with E-state index in [2.05, 4.69) is 31.4 Å². The number of carbonyl (C=O) groups excluding carboxylic acids is 1. The Hall–Kier alpha value is -1.75. The third kappa shape index (κ3) is 7.21. The number of carbonyl (C=O) groups is 1. The lowest BCUT2D eigenvalue weighted by atomic mass is 9.99. The minimum Gasteiger partial charge on any atom is -0.508 e. The molecule has 1 rings (SSSR count). The van der Waals surface area contributed by atoms with E-state index in [1.165, 1.54) is 0 Å². The van der Waals surface area contributed by atoms with Crippen molar-refractivity contribution < 1.29 is 14.6 Å². The Balaban J connectivity index is 2.67. The molecule has 5 nitrogen and oxygen atoms in total. The van der Waals surface area contributed by atoms with Gasteiger partial charge in [0.05, 0.1) is 0 Å². The molecule has 1 aromatic rings. The van der Waals surface area contributed by atoms with E-state index in [1.807, 2.05) is 32.9 Å². The molecular formula is C19H32N2O3. The van der Waals surface area contributed by atoms with Crippen LogP contribution in [-0.4, -0.2) is 29.4 Å². The average molecular weight is 336 g/mol. The van der Waals surface area contributed by atoms with Crippen molar-refractivity contribution in [3.05, 3.63) is 29.8 Å². The Morgan fingerprint density at radius 3 is 2.25 bits per heavy atom. The number of aromatic hydroxyl groups is 1. The standard InChI is InChI=1S/C19H32N2O3/c1-7-16(14-8-10-15(22)11-9-14)21-17(13(2)3)12-20-18(23)24-19(4,5)6/h8-11,13,16-17,21-22H,7,12H2,1-6H3,(H,20,23). The number of rotatable bonds is 7. The van der Waals surface area contributed by atoms with Crippen molar-refractivity contribution >= 4 is 6.09 Å². The third-order valence-corrected chi connectivity index (χ3v) is 3.79. The zero-order valence-electron chi connectivity index (χ0n) is 15.7. The summed E-state index contributed by atoms with van der Waals surface area (Å²) in [6.45, 7) is 12.4. The number of hydrogen-bond acceptors (Lipinski definition) is 4. The molecule has 24 heavy (non-hydrogen) atoms. The molecule has 0 heterocycles. The van der Waals surface area contributed by atoms with E-state index >= 15 is 0 Å². The minimum absolute atomic E-state index is 0.122. The summed E-state index contributed by atoms with van der Waals surface area (Å²) in [6, 6.07) is 7.53. The topological polar surface area (TPSA) is 70.6 Å². The first-order valence-electron chi connectivity index (χ1n) is 8.64. The predicted octanol–water partition coefficient (Wildman–Crippen LogP) is 3.98. The van der Waals surface area contributed by atoms with Crippen LogP contribution in [-0.2, 0) is 4.74 Å². The highest BCUT2D eigenvalue weighted by atomic mass is 16.6. The largest absolute Gasteiger partial charge is 0.508 e. The van der Waals surface area contributed by atoms with Gasteiger partial charge in [0.15, 0.2) is 0 Å². The molecule has 0 aliphatic heterocycles. The van der Waals surface area contributed by atoms with Gasteiger partial charge in [-0.05, 0) is 50.8 Å². The molecule has 2 atom stereocenters. The van der Waals surface area contributed by atoms with E-state index in [9.17, 15) is 9.90 Å². The maximum Gasteiger partial charge on any atom is 0.407 e. The molecular weight excluding hydrogens is 304 g/mol. The molecule has 2 unspecified atom stereocenters. The van der Waals surface area contributed by atoms with Crippen molar-refractivity contribution in [1.82, 2.24) is 10.6 Å². The molecule has 1 aromatic carbocycles. The quantitative estimate of drug-likeness (QED) is 0.704. The Morgan fingerprint density at radius 2 is 1.79 bits per heavy atom. The second-order valence-electron chi connectivity index (χ2n) is 7.45. The Kier molecular flexibility index (Phi) is 7.55. The van der Waals surface area contributed by atoms with Gasteiger partial charge in [0.2, 0.25) is 0 Å². The van der Waals surface area contributed by atoms with Crippen LogP contribution in [0.2, 0.25) is 0 Å². The minimum atomic E-state index is -0.497. The maximum absolute atomic E-state index is 11.9. The number of alkyl carbamates (subject to hydrolysis) is 1. The van der Waals surface area contributed by atoms with E-state index < -0.39 is 11.7 Å². The zero-order chi connectivity index (χ0) is 18.3. The van der Waals surface area contributed by atoms with E-state index in [1.54, 1.807) is 12.1 Å². The molecule has 3 N–H and O–H groups in total. The Labute approximate surface area is 145 Å². The molecule has 0 saturated heterocycles. The van der Waals surface area contributed by atoms with Crippen LogP contribution in [0, 0.1) is 5.92 Å². The van der Waals surface area contributed by atoms with Gasteiger partial charge in [0.1, 0.15) is 11.4 Å². The second kappa shape index (κ2) is 8.92. The molecule has 0 aromatic heterocycles. The number of amides is 1. The van der Waals surface area contributed by atoms with Gasteiger partial charge in [0, 0.05) is 18.6 Å². The van der Waals surface area contributed by atoms with Gasteiger partial charge in [-0.2, -0.15) is 0 Å². The number of benzene rings is 1. The number of phenolic OH excluding ortho intramolecular Hbond substituents is 1. The van der Waals surface area contributed by atoms with E-state index in [-0.39, 0.29) is 17.8 Å². The van der Waals surface area contributed by atoms with Crippen LogP contribution in [0.3, 0.4) is 0 Å². The third-order valence-electron chi connectivity index (χ3n) is 3.79. The number of phenols is 1. The summed E-state index contributed by atoms with van der Waals surface area (Å²) in [7, 11) is 0. The predicted molar refractivity (Wildman–Crippen MR) is 97.1 cm³/mol. The summed E-state index contributed by atoms with van der Waals surface area (Å²) in [6.07, 6.45) is 0.521. The van der Waals surface area contributed by atoms with Gasteiger partial charge in [-0.25, -0.2) is 4.79 Å². The van der Waals surface area contributed by atoms with Crippen molar-refractivity contribution in [3.8, 4) is 5.75 Å². The average Bonchev–Trinajstić information content (AvgIpc) is 2.46. The van der Waals surface area contributed by atoms with Crippen molar-refractivity contribution in [2.45, 2.75) is 65.6 Å². The van der Waals surface area contributed by atoms with Gasteiger partial charge >= 0.3 is 6.09 Å². The van der Waals surface area contributed by atoms with Crippen LogP contribution in [0.25, 0.3) is 0 Å². The SMILES string of the molecule is CCC(NC(CNC(=O)OC(C)(C)C)C(C)C)c1ccc(O)cc1. The highest BCUT2D eigenvalue weighted by molar-refractivity contribution is 5.67. The van der Waals surface area contributed by atoms with E-state index in [4.69, 9.17) is 4.74 Å². The molecule has 0 aliphatic carbocycles. The molecule has 0 radical (unpaired) electrons. The first kappa shape index (κ1) is 20.3. The van der Waals surface area contributed by atoms with Gasteiger partial charge in [-0.15, -0.1) is 0 Å². The Morgan fingerprint density at radius 1 is 1.21 bits per heavy atom. The summed E-state index contributed by atoms with van der Waals surface area (Å²) in [5.74, 6) is 0.617. The van der Waals surface area contributed by atoms with Crippen molar-refractivity contribution in [2.75, 3.05) is 6.54 Å². The van der Waals surface area contributed by atoms with Crippen molar-refractivity contribution in [3.63, 3.8) is 0 Å². The lowest BCUT2D eigenvalue weighted by Gasteiger charge is -2.29. The monoisotopic (exact) mass is 336 g/mol. The van der Waals surface area contributed by atoms with E-state index in [0.29, 0.717) is 12.5 Å². The van der Waals surface area contributed by atoms with E-state index in [0.717, 1.165) is 12.0 Å². The highest BCUT2D eigenvalue weighted by Gasteiger charge is 2.21.